The Labute approximate surface area is 172 Å². The highest BCUT2D eigenvalue weighted by Crippen LogP contribution is 2.51. The number of halogens is 1. The molecule has 0 aromatic heterocycles. The zero-order valence-corrected chi connectivity index (χ0v) is 18.6. The van der Waals surface area contributed by atoms with Gasteiger partial charge in [-0.15, -0.1) is 0 Å². The van der Waals surface area contributed by atoms with Gasteiger partial charge in [-0.25, -0.2) is 8.42 Å². The van der Waals surface area contributed by atoms with Crippen LogP contribution in [0.4, 0.5) is 0 Å². The first-order chi connectivity index (χ1) is 12.9. The summed E-state index contributed by atoms with van der Waals surface area (Å²) in [6.07, 6.45) is 0. The van der Waals surface area contributed by atoms with Gasteiger partial charge in [0.1, 0.15) is 6.04 Å². The summed E-state index contributed by atoms with van der Waals surface area (Å²) in [4.78, 5) is 13.4. The summed E-state index contributed by atoms with van der Waals surface area (Å²) in [6, 6.07) is 9.55. The molecule has 1 aliphatic heterocycles. The Hall–Kier alpha value is -1.69. The fraction of sp³-hybridized carbons (Fsp3) is 0.409. The largest absolute Gasteiger partial charge is 0.297 e. The number of hydrogen-bond acceptors (Lipinski definition) is 3. The van der Waals surface area contributed by atoms with Gasteiger partial charge in [0.25, 0.3) is 0 Å². The van der Waals surface area contributed by atoms with Crippen LogP contribution in [0.3, 0.4) is 0 Å². The number of hydrogen-bond donors (Lipinski definition) is 0. The van der Waals surface area contributed by atoms with Crippen molar-refractivity contribution in [2.24, 2.45) is 5.41 Å². The molecule has 1 unspecified atom stereocenters. The first kappa shape index (κ1) is 21.0. The number of rotatable bonds is 4. The summed E-state index contributed by atoms with van der Waals surface area (Å²) < 4.78 is 28.5. The maximum absolute atomic E-state index is 13.6. The van der Waals surface area contributed by atoms with Crippen molar-refractivity contribution in [3.05, 3.63) is 63.7 Å². The van der Waals surface area contributed by atoms with Crippen LogP contribution in [-0.4, -0.2) is 24.5 Å². The predicted octanol–water partition coefficient (Wildman–Crippen LogP) is 4.99. The molecule has 4 nitrogen and oxygen atoms in total. The van der Waals surface area contributed by atoms with E-state index in [2.05, 4.69) is 0 Å². The lowest BCUT2D eigenvalue weighted by Crippen LogP contribution is -2.29. The minimum Gasteiger partial charge on any atom is -0.297 e. The van der Waals surface area contributed by atoms with Crippen molar-refractivity contribution >= 4 is 27.4 Å². The lowest BCUT2D eigenvalue weighted by atomic mass is 9.87. The van der Waals surface area contributed by atoms with E-state index in [-0.39, 0.29) is 5.78 Å². The van der Waals surface area contributed by atoms with Crippen LogP contribution in [0.2, 0.25) is 5.02 Å². The summed E-state index contributed by atoms with van der Waals surface area (Å²) >= 11 is 5.99. The summed E-state index contributed by atoms with van der Waals surface area (Å²) in [5, 5.41) is 0.572. The number of carbonyl (C=O) groups is 1. The van der Waals surface area contributed by atoms with E-state index in [1.165, 1.54) is 4.31 Å². The van der Waals surface area contributed by atoms with Gasteiger partial charge in [-0.2, -0.15) is 4.31 Å². The molecule has 0 amide bonds. The number of ketones is 1. The highest BCUT2D eigenvalue weighted by Gasteiger charge is 2.61. The van der Waals surface area contributed by atoms with Gasteiger partial charge in [-0.3, -0.25) is 4.79 Å². The topological polar surface area (TPSA) is 54.2 Å². The van der Waals surface area contributed by atoms with Gasteiger partial charge < -0.3 is 0 Å². The van der Waals surface area contributed by atoms with E-state index in [4.69, 9.17) is 11.6 Å². The average Bonchev–Trinajstić information content (AvgIpc) is 3.28. The molecular weight excluding hydrogens is 394 g/mol. The highest BCUT2D eigenvalue weighted by molar-refractivity contribution is 7.89. The van der Waals surface area contributed by atoms with E-state index in [1.807, 2.05) is 39.8 Å². The molecule has 6 heteroatoms. The van der Waals surface area contributed by atoms with Gasteiger partial charge in [0.2, 0.25) is 10.0 Å². The Morgan fingerprint density at radius 1 is 1.00 bits per heavy atom. The number of sulfonamides is 1. The van der Waals surface area contributed by atoms with Crippen molar-refractivity contribution in [2.45, 2.75) is 58.5 Å². The van der Waals surface area contributed by atoms with E-state index in [9.17, 15) is 13.2 Å². The molecule has 0 spiro atoms. The lowest BCUT2D eigenvalue weighted by molar-refractivity contribution is -0.126. The average molecular weight is 420 g/mol. The monoisotopic (exact) mass is 419 g/mol. The summed E-state index contributed by atoms with van der Waals surface area (Å²) in [5.74, 6) is -0.0848. The summed E-state index contributed by atoms with van der Waals surface area (Å²) in [7, 11) is -3.83. The number of aryl methyl sites for hydroxylation is 3. The highest BCUT2D eigenvalue weighted by atomic mass is 35.5. The number of nitrogens with zero attached hydrogens (tertiary/aromatic N) is 1. The molecule has 0 aliphatic carbocycles. The van der Waals surface area contributed by atoms with E-state index >= 15 is 0 Å². The van der Waals surface area contributed by atoms with E-state index in [0.717, 1.165) is 11.1 Å². The van der Waals surface area contributed by atoms with Crippen LogP contribution >= 0.6 is 11.6 Å². The van der Waals surface area contributed by atoms with Gasteiger partial charge in [0, 0.05) is 10.4 Å². The van der Waals surface area contributed by atoms with Crippen molar-refractivity contribution in [3.63, 3.8) is 0 Å². The second kappa shape index (κ2) is 6.97. The third-order valence-electron chi connectivity index (χ3n) is 5.12. The molecule has 150 valence electrons. The maximum Gasteiger partial charge on any atom is 0.244 e. The van der Waals surface area contributed by atoms with E-state index in [0.29, 0.717) is 21.0 Å². The molecule has 0 N–H and O–H groups in total. The van der Waals surface area contributed by atoms with Gasteiger partial charge in [0.15, 0.2) is 5.78 Å². The summed E-state index contributed by atoms with van der Waals surface area (Å²) in [6.45, 7) is 11.0. The fourth-order valence-corrected chi connectivity index (χ4v) is 6.14. The molecule has 0 radical (unpaired) electrons. The smallest absolute Gasteiger partial charge is 0.244 e. The summed E-state index contributed by atoms with van der Waals surface area (Å²) in [5.41, 5.74) is 2.54. The molecule has 1 saturated heterocycles. The van der Waals surface area contributed by atoms with Crippen molar-refractivity contribution in [1.29, 1.82) is 0 Å². The van der Waals surface area contributed by atoms with Crippen molar-refractivity contribution in [2.75, 3.05) is 0 Å². The first-order valence-electron chi connectivity index (χ1n) is 9.27. The Morgan fingerprint density at radius 3 is 1.96 bits per heavy atom. The Morgan fingerprint density at radius 2 is 1.50 bits per heavy atom. The second-order valence-electron chi connectivity index (χ2n) is 8.62. The molecule has 1 fully saturated rings. The lowest BCUT2D eigenvalue weighted by Gasteiger charge is -2.17. The van der Waals surface area contributed by atoms with Crippen LogP contribution in [-0.2, 0) is 14.8 Å². The Bertz CT molecular complexity index is 1010. The van der Waals surface area contributed by atoms with Crippen LogP contribution < -0.4 is 0 Å². The third-order valence-corrected chi connectivity index (χ3v) is 7.54. The van der Waals surface area contributed by atoms with Crippen molar-refractivity contribution < 1.29 is 13.2 Å². The van der Waals surface area contributed by atoms with Crippen molar-refractivity contribution in [1.82, 2.24) is 4.31 Å². The SMILES string of the molecule is Cc1cc(C)c(S(=O)(=O)N2[C@H](C(=O)C(C)(C)C)[C@@H]2c2ccc(Cl)cc2)c(C)c1. The molecule has 1 aliphatic rings. The standard InChI is InChI=1S/C22H26ClNO3S/c1-13-11-14(2)20(15(3)12-13)28(26,27)24-18(16-7-9-17(23)10-8-16)19(24)21(25)22(4,5)6/h7-12,18-19H,1-6H3/t18-,19-,24?/m0/s1. The van der Waals surface area contributed by atoms with Crippen LogP contribution in [0, 0.1) is 26.2 Å². The quantitative estimate of drug-likeness (QED) is 0.655. The number of carbonyl (C=O) groups excluding carboxylic acids is 1. The third kappa shape index (κ3) is 3.63. The predicted molar refractivity (Wildman–Crippen MR) is 112 cm³/mol. The van der Waals surface area contributed by atoms with Gasteiger partial charge in [0.05, 0.1) is 10.9 Å². The van der Waals surface area contributed by atoms with Crippen LogP contribution in [0.25, 0.3) is 0 Å². The van der Waals surface area contributed by atoms with Crippen LogP contribution in [0.5, 0.6) is 0 Å². The normalized spacial score (nSPS) is 22.2. The number of Topliss-reactive ketones (excluding diaryl/α,β-unsaturated/α-hetero) is 1. The molecule has 2 aromatic rings. The minimum atomic E-state index is -3.83. The minimum absolute atomic E-state index is 0.0848. The van der Waals surface area contributed by atoms with Crippen LogP contribution in [0.15, 0.2) is 41.3 Å². The van der Waals surface area contributed by atoms with Gasteiger partial charge >= 0.3 is 0 Å². The molecule has 3 atom stereocenters. The molecular formula is C22H26ClNO3S. The Balaban J connectivity index is 2.11. The van der Waals surface area contributed by atoms with E-state index in [1.54, 1.807) is 38.1 Å². The fourth-order valence-electron chi connectivity index (χ4n) is 3.88. The molecule has 0 bridgehead atoms. The second-order valence-corrected chi connectivity index (χ2v) is 10.8. The first-order valence-corrected chi connectivity index (χ1v) is 11.1. The maximum atomic E-state index is 13.6. The van der Waals surface area contributed by atoms with Crippen molar-refractivity contribution in [3.8, 4) is 0 Å². The van der Waals surface area contributed by atoms with Crippen LogP contribution in [0.1, 0.15) is 49.1 Å². The molecule has 2 aromatic carbocycles. The zero-order chi connectivity index (χ0) is 21.0. The molecule has 3 rings (SSSR count). The molecule has 28 heavy (non-hydrogen) atoms. The van der Waals surface area contributed by atoms with Gasteiger partial charge in [-0.1, -0.05) is 62.2 Å². The number of benzene rings is 2. The van der Waals surface area contributed by atoms with E-state index < -0.39 is 27.5 Å². The Kier molecular flexibility index (Phi) is 5.24. The molecule has 0 saturated carbocycles. The van der Waals surface area contributed by atoms with Gasteiger partial charge in [-0.05, 0) is 49.6 Å². The molecule has 1 heterocycles. The zero-order valence-electron chi connectivity index (χ0n) is 17.1.